The summed E-state index contributed by atoms with van der Waals surface area (Å²) in [7, 11) is -3.96. The molecule has 1 saturated heterocycles. The Morgan fingerprint density at radius 2 is 1.69 bits per heavy atom. The molecule has 0 spiro atoms. The van der Waals surface area contributed by atoms with Crippen LogP contribution in [0, 0.1) is 5.92 Å². The summed E-state index contributed by atoms with van der Waals surface area (Å²) in [5, 5.41) is 0. The van der Waals surface area contributed by atoms with Gasteiger partial charge in [0.2, 0.25) is 10.0 Å². The zero-order valence-electron chi connectivity index (χ0n) is 16.0. The van der Waals surface area contributed by atoms with E-state index in [9.17, 15) is 21.6 Å². The Morgan fingerprint density at radius 3 is 2.34 bits per heavy atom. The largest absolute Gasteiger partial charge is 0.416 e. The fourth-order valence-electron chi connectivity index (χ4n) is 3.60. The number of nitrogens with zero attached hydrogens (tertiary/aromatic N) is 1. The highest BCUT2D eigenvalue weighted by molar-refractivity contribution is 7.89. The van der Waals surface area contributed by atoms with Gasteiger partial charge in [0.05, 0.1) is 10.5 Å². The first-order valence-electron chi connectivity index (χ1n) is 9.67. The van der Waals surface area contributed by atoms with Crippen LogP contribution in [0.3, 0.4) is 0 Å². The van der Waals surface area contributed by atoms with E-state index in [1.807, 2.05) is 18.2 Å². The number of alkyl halides is 3. The summed E-state index contributed by atoms with van der Waals surface area (Å²) in [6.07, 6.45) is -1.92. The lowest BCUT2D eigenvalue weighted by Crippen LogP contribution is -2.34. The van der Waals surface area contributed by atoms with Gasteiger partial charge in [-0.3, -0.25) is 4.90 Å². The molecule has 0 unspecified atom stereocenters. The average molecular weight is 427 g/mol. The Bertz CT molecular complexity index is 894. The molecule has 1 N–H and O–H groups in total. The first kappa shape index (κ1) is 21.8. The molecular weight excluding hydrogens is 401 g/mol. The van der Waals surface area contributed by atoms with Crippen LogP contribution < -0.4 is 4.72 Å². The summed E-state index contributed by atoms with van der Waals surface area (Å²) in [5.41, 5.74) is 0.311. The molecular formula is C21H25F3N2O2S. The fraction of sp³-hybridized carbons (Fsp3) is 0.429. The molecule has 2 aromatic carbocycles. The molecule has 0 amide bonds. The van der Waals surface area contributed by atoms with Crippen LogP contribution in [0.25, 0.3) is 0 Å². The monoisotopic (exact) mass is 426 g/mol. The number of sulfonamides is 1. The molecule has 4 nitrogen and oxygen atoms in total. The molecule has 0 aliphatic carbocycles. The van der Waals surface area contributed by atoms with Crippen LogP contribution in [-0.4, -0.2) is 33.0 Å². The van der Waals surface area contributed by atoms with Crippen molar-refractivity contribution in [1.82, 2.24) is 9.62 Å². The second-order valence-corrected chi connectivity index (χ2v) is 9.18. The quantitative estimate of drug-likeness (QED) is 0.719. The normalized spacial score (nSPS) is 16.8. The highest BCUT2D eigenvalue weighted by Crippen LogP contribution is 2.30. The van der Waals surface area contributed by atoms with Crippen molar-refractivity contribution in [3.05, 3.63) is 65.7 Å². The Labute approximate surface area is 169 Å². The van der Waals surface area contributed by atoms with E-state index in [1.54, 1.807) is 0 Å². The molecule has 1 aliphatic heterocycles. The van der Waals surface area contributed by atoms with Gasteiger partial charge in [0.1, 0.15) is 0 Å². The maximum Gasteiger partial charge on any atom is 0.416 e. The van der Waals surface area contributed by atoms with Crippen LogP contribution in [0.1, 0.15) is 30.4 Å². The van der Waals surface area contributed by atoms with Crippen molar-refractivity contribution in [3.63, 3.8) is 0 Å². The van der Waals surface area contributed by atoms with Crippen molar-refractivity contribution in [2.45, 2.75) is 36.9 Å². The van der Waals surface area contributed by atoms with Crippen molar-refractivity contribution >= 4 is 10.0 Å². The van der Waals surface area contributed by atoms with E-state index in [1.165, 1.54) is 11.6 Å². The van der Waals surface area contributed by atoms with Crippen LogP contribution >= 0.6 is 0 Å². The molecule has 8 heteroatoms. The first-order valence-corrected chi connectivity index (χ1v) is 11.2. The molecule has 1 fully saturated rings. The number of hydrogen-bond acceptors (Lipinski definition) is 3. The van der Waals surface area contributed by atoms with E-state index in [2.05, 4.69) is 21.8 Å². The number of halogens is 3. The number of benzene rings is 2. The minimum Gasteiger partial charge on any atom is -0.299 e. The molecule has 0 saturated carbocycles. The van der Waals surface area contributed by atoms with Gasteiger partial charge in [-0.2, -0.15) is 13.2 Å². The number of hydrogen-bond donors (Lipinski definition) is 1. The number of likely N-dealkylation sites (tertiary alicyclic amines) is 1. The molecule has 0 atom stereocenters. The zero-order valence-corrected chi connectivity index (χ0v) is 16.8. The third-order valence-electron chi connectivity index (χ3n) is 5.27. The Hall–Kier alpha value is -1.90. The number of rotatable bonds is 7. The second-order valence-electron chi connectivity index (χ2n) is 7.42. The predicted molar refractivity (Wildman–Crippen MR) is 106 cm³/mol. The van der Waals surface area contributed by atoms with Gasteiger partial charge in [0.15, 0.2) is 0 Å². The highest BCUT2D eigenvalue weighted by Gasteiger charge is 2.31. The van der Waals surface area contributed by atoms with E-state index in [-0.39, 0.29) is 11.4 Å². The molecule has 158 valence electrons. The van der Waals surface area contributed by atoms with E-state index in [4.69, 9.17) is 0 Å². The lowest BCUT2D eigenvalue weighted by Gasteiger charge is -2.32. The smallest absolute Gasteiger partial charge is 0.299 e. The Morgan fingerprint density at radius 1 is 1.00 bits per heavy atom. The van der Waals surface area contributed by atoms with Gasteiger partial charge in [0, 0.05) is 13.1 Å². The Balaban J connectivity index is 1.45. The van der Waals surface area contributed by atoms with Gasteiger partial charge >= 0.3 is 6.18 Å². The SMILES string of the molecule is O=S(=O)(NCCC1CCN(Cc2ccccc2)CC1)c1cccc(C(F)(F)F)c1. The Kier molecular flexibility index (Phi) is 6.97. The van der Waals surface area contributed by atoms with Gasteiger partial charge < -0.3 is 0 Å². The fourth-order valence-corrected chi connectivity index (χ4v) is 4.69. The average Bonchev–Trinajstić information content (AvgIpc) is 2.69. The summed E-state index contributed by atoms with van der Waals surface area (Å²) in [6.45, 7) is 3.05. The van der Waals surface area contributed by atoms with E-state index >= 15 is 0 Å². The lowest BCUT2D eigenvalue weighted by atomic mass is 9.93. The first-order chi connectivity index (χ1) is 13.7. The molecule has 0 aromatic heterocycles. The minimum atomic E-state index is -4.57. The van der Waals surface area contributed by atoms with E-state index in [0.29, 0.717) is 18.4 Å². The summed E-state index contributed by atoms with van der Waals surface area (Å²) >= 11 is 0. The number of piperidine rings is 1. The summed E-state index contributed by atoms with van der Waals surface area (Å²) < 4.78 is 65.5. The highest BCUT2D eigenvalue weighted by atomic mass is 32.2. The van der Waals surface area contributed by atoms with Crippen LogP contribution in [0.4, 0.5) is 13.2 Å². The number of nitrogens with one attached hydrogen (secondary N) is 1. The molecule has 2 aromatic rings. The van der Waals surface area contributed by atoms with Crippen LogP contribution in [-0.2, 0) is 22.7 Å². The van der Waals surface area contributed by atoms with Crippen LogP contribution in [0.2, 0.25) is 0 Å². The third-order valence-corrected chi connectivity index (χ3v) is 6.73. The molecule has 0 radical (unpaired) electrons. The van der Waals surface area contributed by atoms with Gasteiger partial charge in [-0.15, -0.1) is 0 Å². The van der Waals surface area contributed by atoms with Crippen molar-refractivity contribution in [2.75, 3.05) is 19.6 Å². The van der Waals surface area contributed by atoms with Crippen molar-refractivity contribution < 1.29 is 21.6 Å². The molecule has 1 aliphatic rings. The molecule has 1 heterocycles. The predicted octanol–water partition coefficient (Wildman–Crippen LogP) is 4.29. The van der Waals surface area contributed by atoms with E-state index in [0.717, 1.165) is 44.6 Å². The topological polar surface area (TPSA) is 49.4 Å². The summed E-state index contributed by atoms with van der Waals surface area (Å²) in [6, 6.07) is 14.1. The summed E-state index contributed by atoms with van der Waals surface area (Å²) in [5.74, 6) is 0.409. The minimum absolute atomic E-state index is 0.224. The van der Waals surface area contributed by atoms with Crippen molar-refractivity contribution in [3.8, 4) is 0 Å². The summed E-state index contributed by atoms with van der Waals surface area (Å²) in [4.78, 5) is 2.03. The zero-order chi connectivity index (χ0) is 20.9. The van der Waals surface area contributed by atoms with Gasteiger partial charge in [-0.25, -0.2) is 13.1 Å². The van der Waals surface area contributed by atoms with E-state index < -0.39 is 21.8 Å². The van der Waals surface area contributed by atoms with Crippen molar-refractivity contribution in [1.29, 1.82) is 0 Å². The third kappa shape index (κ3) is 6.29. The van der Waals surface area contributed by atoms with Crippen LogP contribution in [0.5, 0.6) is 0 Å². The maximum absolute atomic E-state index is 12.8. The second kappa shape index (κ2) is 9.28. The van der Waals surface area contributed by atoms with Crippen LogP contribution in [0.15, 0.2) is 59.5 Å². The van der Waals surface area contributed by atoms with Gasteiger partial charge in [0.25, 0.3) is 0 Å². The maximum atomic E-state index is 12.8. The lowest BCUT2D eigenvalue weighted by molar-refractivity contribution is -0.137. The van der Waals surface area contributed by atoms with Gasteiger partial charge in [-0.1, -0.05) is 36.4 Å². The standard InChI is InChI=1S/C21H25F3N2O2S/c22-21(23,24)19-7-4-8-20(15-19)29(27,28)25-12-9-17-10-13-26(14-11-17)16-18-5-2-1-3-6-18/h1-8,15,17,25H,9-14,16H2. The van der Waals surface area contributed by atoms with Crippen molar-refractivity contribution in [2.24, 2.45) is 5.92 Å². The van der Waals surface area contributed by atoms with Gasteiger partial charge in [-0.05, 0) is 62.0 Å². The molecule has 3 rings (SSSR count). The molecule has 29 heavy (non-hydrogen) atoms. The molecule has 0 bridgehead atoms.